The van der Waals surface area contributed by atoms with Crippen molar-refractivity contribution in [2.45, 2.75) is 46.1 Å². The second-order valence-corrected chi connectivity index (χ2v) is 9.20. The maximum absolute atomic E-state index is 13.6. The second-order valence-electron chi connectivity index (χ2n) is 9.20. The van der Waals surface area contributed by atoms with Crippen LogP contribution in [0.4, 0.5) is 5.69 Å². The third-order valence-corrected chi connectivity index (χ3v) is 6.72. The van der Waals surface area contributed by atoms with E-state index >= 15 is 0 Å². The van der Waals surface area contributed by atoms with Crippen LogP contribution in [0.2, 0.25) is 0 Å². The first-order valence-electron chi connectivity index (χ1n) is 11.4. The molecule has 164 valence electrons. The minimum atomic E-state index is -0.386. The summed E-state index contributed by atoms with van der Waals surface area (Å²) >= 11 is 0. The highest BCUT2D eigenvalue weighted by Crippen LogP contribution is 2.32. The topological polar surface area (TPSA) is 52.7 Å². The SMILES string of the molecule is Cc1ccc(NC(=O)CN2CCc3ccccc3C2C(=O)N2CCC(C)CC2)c(C)c1. The molecule has 4 rings (SSSR count). The number of carbonyl (C=O) groups is 2. The summed E-state index contributed by atoms with van der Waals surface area (Å²) in [6, 6.07) is 13.8. The average molecular weight is 420 g/mol. The number of hydrogen-bond acceptors (Lipinski definition) is 3. The van der Waals surface area contributed by atoms with E-state index in [2.05, 4.69) is 35.3 Å². The van der Waals surface area contributed by atoms with Crippen molar-refractivity contribution in [3.63, 3.8) is 0 Å². The molecule has 2 aromatic carbocycles. The van der Waals surface area contributed by atoms with Gasteiger partial charge < -0.3 is 10.2 Å². The molecular weight excluding hydrogens is 386 g/mol. The van der Waals surface area contributed by atoms with Gasteiger partial charge in [0.1, 0.15) is 6.04 Å². The molecule has 1 atom stereocenters. The van der Waals surface area contributed by atoms with Crippen LogP contribution >= 0.6 is 0 Å². The minimum absolute atomic E-state index is 0.0728. The fraction of sp³-hybridized carbons (Fsp3) is 0.462. The van der Waals surface area contributed by atoms with Gasteiger partial charge in [-0.1, -0.05) is 48.9 Å². The number of likely N-dealkylation sites (tertiary alicyclic amines) is 1. The number of rotatable bonds is 4. The van der Waals surface area contributed by atoms with E-state index in [1.165, 1.54) is 11.1 Å². The van der Waals surface area contributed by atoms with Crippen molar-refractivity contribution in [2.75, 3.05) is 31.5 Å². The van der Waals surface area contributed by atoms with Gasteiger partial charge in [-0.2, -0.15) is 0 Å². The number of benzene rings is 2. The Labute approximate surface area is 185 Å². The number of piperidine rings is 1. The third kappa shape index (κ3) is 4.82. The highest BCUT2D eigenvalue weighted by atomic mass is 16.2. The predicted molar refractivity (Wildman–Crippen MR) is 124 cm³/mol. The smallest absolute Gasteiger partial charge is 0.244 e. The largest absolute Gasteiger partial charge is 0.341 e. The Balaban J connectivity index is 1.53. The van der Waals surface area contributed by atoms with Crippen molar-refractivity contribution in [1.29, 1.82) is 0 Å². The van der Waals surface area contributed by atoms with Crippen molar-refractivity contribution in [3.8, 4) is 0 Å². The molecule has 2 heterocycles. The molecule has 0 radical (unpaired) electrons. The van der Waals surface area contributed by atoms with Crippen molar-refractivity contribution in [1.82, 2.24) is 9.80 Å². The van der Waals surface area contributed by atoms with E-state index < -0.39 is 0 Å². The molecule has 0 aromatic heterocycles. The molecule has 1 fully saturated rings. The molecule has 2 amide bonds. The van der Waals surface area contributed by atoms with Crippen LogP contribution < -0.4 is 5.32 Å². The fourth-order valence-corrected chi connectivity index (χ4v) is 4.81. The highest BCUT2D eigenvalue weighted by Gasteiger charge is 2.37. The summed E-state index contributed by atoms with van der Waals surface area (Å²) in [6.45, 7) is 8.83. The van der Waals surface area contributed by atoms with E-state index in [0.717, 1.165) is 49.2 Å². The Morgan fingerprint density at radius 3 is 2.52 bits per heavy atom. The standard InChI is InChI=1S/C26H33N3O2/c1-18-10-13-28(14-11-18)26(31)25-22-7-5-4-6-21(22)12-15-29(25)17-24(30)27-23-9-8-19(2)16-20(23)3/h4-9,16,18,25H,10-15,17H2,1-3H3,(H,27,30). The van der Waals surface area contributed by atoms with Gasteiger partial charge in [0, 0.05) is 25.3 Å². The van der Waals surface area contributed by atoms with Gasteiger partial charge in [-0.3, -0.25) is 14.5 Å². The molecule has 1 saturated heterocycles. The number of anilines is 1. The zero-order chi connectivity index (χ0) is 22.0. The Kier molecular flexibility index (Phi) is 6.42. The van der Waals surface area contributed by atoms with Crippen LogP contribution in [-0.4, -0.2) is 47.8 Å². The summed E-state index contributed by atoms with van der Waals surface area (Å²) in [5.74, 6) is 0.733. The summed E-state index contributed by atoms with van der Waals surface area (Å²) in [6.07, 6.45) is 2.95. The molecule has 2 aliphatic heterocycles. The molecule has 5 heteroatoms. The average Bonchev–Trinajstić information content (AvgIpc) is 2.75. The van der Waals surface area contributed by atoms with Crippen molar-refractivity contribution < 1.29 is 9.59 Å². The van der Waals surface area contributed by atoms with E-state index in [-0.39, 0.29) is 24.4 Å². The van der Waals surface area contributed by atoms with Crippen LogP contribution in [0.25, 0.3) is 0 Å². The Bertz CT molecular complexity index is 963. The van der Waals surface area contributed by atoms with Crippen LogP contribution in [0.15, 0.2) is 42.5 Å². The van der Waals surface area contributed by atoms with Crippen LogP contribution in [0.5, 0.6) is 0 Å². The van der Waals surface area contributed by atoms with Crippen molar-refractivity contribution in [3.05, 3.63) is 64.7 Å². The van der Waals surface area contributed by atoms with E-state index in [1.54, 1.807) is 0 Å². The Hall–Kier alpha value is -2.66. The molecule has 0 bridgehead atoms. The quantitative estimate of drug-likeness (QED) is 0.812. The number of nitrogens with one attached hydrogen (secondary N) is 1. The maximum atomic E-state index is 13.6. The van der Waals surface area contributed by atoms with Gasteiger partial charge >= 0.3 is 0 Å². The first-order valence-corrected chi connectivity index (χ1v) is 11.4. The summed E-state index contributed by atoms with van der Waals surface area (Å²) in [5, 5.41) is 3.05. The summed E-state index contributed by atoms with van der Waals surface area (Å²) < 4.78 is 0. The molecule has 1 unspecified atom stereocenters. The fourth-order valence-electron chi connectivity index (χ4n) is 4.81. The first-order chi connectivity index (χ1) is 14.9. The third-order valence-electron chi connectivity index (χ3n) is 6.72. The number of hydrogen-bond donors (Lipinski definition) is 1. The lowest BCUT2D eigenvalue weighted by Gasteiger charge is -2.40. The zero-order valence-electron chi connectivity index (χ0n) is 18.9. The first kappa shape index (κ1) is 21.6. The van der Waals surface area contributed by atoms with Gasteiger partial charge in [-0.05, 0) is 61.8 Å². The molecule has 5 nitrogen and oxygen atoms in total. The minimum Gasteiger partial charge on any atom is -0.341 e. The molecule has 2 aliphatic rings. The van der Waals surface area contributed by atoms with E-state index in [1.807, 2.05) is 43.0 Å². The lowest BCUT2D eigenvalue weighted by molar-refractivity contribution is -0.139. The lowest BCUT2D eigenvalue weighted by atomic mass is 9.90. The summed E-state index contributed by atoms with van der Waals surface area (Å²) in [4.78, 5) is 30.6. The van der Waals surface area contributed by atoms with Gasteiger partial charge in [0.2, 0.25) is 11.8 Å². The number of carbonyl (C=O) groups excluding carboxylic acids is 2. The number of fused-ring (bicyclic) bond motifs is 1. The van der Waals surface area contributed by atoms with E-state index in [0.29, 0.717) is 12.5 Å². The number of aryl methyl sites for hydroxylation is 2. The van der Waals surface area contributed by atoms with E-state index in [4.69, 9.17) is 0 Å². The lowest BCUT2D eigenvalue weighted by Crippen LogP contribution is -2.50. The van der Waals surface area contributed by atoms with Crippen LogP contribution in [0, 0.1) is 19.8 Å². The van der Waals surface area contributed by atoms with Crippen molar-refractivity contribution >= 4 is 17.5 Å². The Morgan fingerprint density at radius 2 is 1.77 bits per heavy atom. The zero-order valence-corrected chi connectivity index (χ0v) is 18.9. The van der Waals surface area contributed by atoms with Gasteiger partial charge in [-0.25, -0.2) is 0 Å². The molecule has 0 aliphatic carbocycles. The van der Waals surface area contributed by atoms with Crippen LogP contribution in [0.3, 0.4) is 0 Å². The van der Waals surface area contributed by atoms with E-state index in [9.17, 15) is 9.59 Å². The molecular formula is C26H33N3O2. The number of nitrogens with zero attached hydrogens (tertiary/aromatic N) is 2. The van der Waals surface area contributed by atoms with Crippen LogP contribution in [0.1, 0.15) is 48.1 Å². The molecule has 2 aromatic rings. The van der Waals surface area contributed by atoms with Gasteiger partial charge in [-0.15, -0.1) is 0 Å². The highest BCUT2D eigenvalue weighted by molar-refractivity contribution is 5.94. The maximum Gasteiger partial charge on any atom is 0.244 e. The van der Waals surface area contributed by atoms with Gasteiger partial charge in [0.05, 0.1) is 6.54 Å². The van der Waals surface area contributed by atoms with Crippen LogP contribution in [-0.2, 0) is 16.0 Å². The molecule has 1 N–H and O–H groups in total. The molecule has 0 saturated carbocycles. The molecule has 31 heavy (non-hydrogen) atoms. The van der Waals surface area contributed by atoms with Gasteiger partial charge in [0.25, 0.3) is 0 Å². The summed E-state index contributed by atoms with van der Waals surface area (Å²) in [5.41, 5.74) is 5.33. The Morgan fingerprint density at radius 1 is 1.03 bits per heavy atom. The normalized spacial score (nSPS) is 19.7. The predicted octanol–water partition coefficient (Wildman–Crippen LogP) is 4.10. The monoisotopic (exact) mass is 419 g/mol. The number of amides is 2. The summed E-state index contributed by atoms with van der Waals surface area (Å²) in [7, 11) is 0. The van der Waals surface area contributed by atoms with Crippen molar-refractivity contribution in [2.24, 2.45) is 5.92 Å². The second kappa shape index (κ2) is 9.23. The molecule has 0 spiro atoms. The van der Waals surface area contributed by atoms with Gasteiger partial charge in [0.15, 0.2) is 0 Å².